The molecular formula is C20H28N6O2. The standard InChI is InChI=1S/C20H28N6O2/c1-21-18-6-8-22-20(25-18)24-15-10-17(19(27-2)23-11-15)28-13-14-7-9-26(12-14)16-4-3-5-16/h6,8,10-11,14,16H,3-5,7,9,12-13H2,1-2H3,(H2,21,22,24,25)/t14-/m1/s1. The fraction of sp³-hybridized carbons (Fsp3) is 0.550. The first-order valence-corrected chi connectivity index (χ1v) is 9.94. The number of hydrogen-bond acceptors (Lipinski definition) is 8. The Morgan fingerprint density at radius 2 is 2.14 bits per heavy atom. The average Bonchev–Trinajstić information content (AvgIpc) is 3.13. The van der Waals surface area contributed by atoms with Crippen LogP contribution in [0.15, 0.2) is 24.5 Å². The van der Waals surface area contributed by atoms with Crippen molar-refractivity contribution in [3.05, 3.63) is 24.5 Å². The van der Waals surface area contributed by atoms with E-state index in [1.807, 2.05) is 13.1 Å². The third kappa shape index (κ3) is 4.27. The van der Waals surface area contributed by atoms with Crippen molar-refractivity contribution in [1.29, 1.82) is 0 Å². The summed E-state index contributed by atoms with van der Waals surface area (Å²) < 4.78 is 11.5. The summed E-state index contributed by atoms with van der Waals surface area (Å²) >= 11 is 0. The van der Waals surface area contributed by atoms with Gasteiger partial charge in [-0.2, -0.15) is 4.98 Å². The highest BCUT2D eigenvalue weighted by molar-refractivity contribution is 5.57. The largest absolute Gasteiger partial charge is 0.488 e. The highest BCUT2D eigenvalue weighted by atomic mass is 16.5. The van der Waals surface area contributed by atoms with Crippen LogP contribution in [0.1, 0.15) is 25.7 Å². The molecule has 150 valence electrons. The molecule has 0 amide bonds. The third-order valence-electron chi connectivity index (χ3n) is 5.56. The quantitative estimate of drug-likeness (QED) is 0.719. The molecule has 0 bridgehead atoms. The maximum Gasteiger partial charge on any atom is 0.256 e. The van der Waals surface area contributed by atoms with Crippen molar-refractivity contribution in [3.8, 4) is 11.6 Å². The molecule has 0 spiro atoms. The first kappa shape index (κ1) is 18.7. The van der Waals surface area contributed by atoms with Gasteiger partial charge in [0.25, 0.3) is 5.88 Å². The van der Waals surface area contributed by atoms with E-state index in [2.05, 4.69) is 30.5 Å². The number of likely N-dealkylation sites (tertiary alicyclic amines) is 1. The van der Waals surface area contributed by atoms with Gasteiger partial charge in [0, 0.05) is 37.8 Å². The molecule has 3 heterocycles. The van der Waals surface area contributed by atoms with Crippen LogP contribution < -0.4 is 20.1 Å². The Balaban J connectivity index is 1.39. The number of aromatic nitrogens is 3. The summed E-state index contributed by atoms with van der Waals surface area (Å²) in [5, 5.41) is 6.17. The molecule has 2 aromatic heterocycles. The summed E-state index contributed by atoms with van der Waals surface area (Å²) in [7, 11) is 3.43. The van der Waals surface area contributed by atoms with Gasteiger partial charge in [-0.15, -0.1) is 0 Å². The second kappa shape index (κ2) is 8.60. The maximum atomic E-state index is 6.11. The Labute approximate surface area is 165 Å². The van der Waals surface area contributed by atoms with E-state index in [0.29, 0.717) is 30.1 Å². The Morgan fingerprint density at radius 3 is 2.89 bits per heavy atom. The van der Waals surface area contributed by atoms with E-state index in [1.54, 1.807) is 25.6 Å². The molecule has 8 heteroatoms. The number of hydrogen-bond donors (Lipinski definition) is 2. The van der Waals surface area contributed by atoms with Crippen LogP contribution in [0, 0.1) is 5.92 Å². The van der Waals surface area contributed by atoms with Gasteiger partial charge in [-0.25, -0.2) is 9.97 Å². The fourth-order valence-corrected chi connectivity index (χ4v) is 3.73. The summed E-state index contributed by atoms with van der Waals surface area (Å²) in [5.41, 5.74) is 0.756. The van der Waals surface area contributed by atoms with E-state index in [4.69, 9.17) is 9.47 Å². The zero-order valence-electron chi connectivity index (χ0n) is 16.5. The average molecular weight is 384 g/mol. The van der Waals surface area contributed by atoms with Crippen LogP contribution in [-0.2, 0) is 0 Å². The molecule has 2 fully saturated rings. The molecule has 1 aliphatic heterocycles. The van der Waals surface area contributed by atoms with Crippen molar-refractivity contribution >= 4 is 17.5 Å². The van der Waals surface area contributed by atoms with E-state index < -0.39 is 0 Å². The molecule has 1 aliphatic carbocycles. The van der Waals surface area contributed by atoms with Crippen LogP contribution in [0.3, 0.4) is 0 Å². The van der Waals surface area contributed by atoms with Gasteiger partial charge in [0.2, 0.25) is 5.95 Å². The van der Waals surface area contributed by atoms with E-state index in [9.17, 15) is 0 Å². The van der Waals surface area contributed by atoms with Gasteiger partial charge in [-0.05, 0) is 31.9 Å². The first-order valence-electron chi connectivity index (χ1n) is 9.94. The van der Waals surface area contributed by atoms with Crippen molar-refractivity contribution in [2.75, 3.05) is 44.5 Å². The van der Waals surface area contributed by atoms with Crippen LogP contribution in [0.5, 0.6) is 11.6 Å². The van der Waals surface area contributed by atoms with Gasteiger partial charge >= 0.3 is 0 Å². The van der Waals surface area contributed by atoms with Crippen LogP contribution in [-0.4, -0.2) is 59.7 Å². The SMILES string of the molecule is CNc1ccnc(Nc2cnc(OC)c(OC[C@@H]3CCN(C4CCC4)C3)c2)n1. The smallest absolute Gasteiger partial charge is 0.256 e. The molecule has 2 N–H and O–H groups in total. The summed E-state index contributed by atoms with van der Waals surface area (Å²) in [6, 6.07) is 4.50. The highest BCUT2D eigenvalue weighted by Gasteiger charge is 2.31. The Bertz CT molecular complexity index is 798. The fourth-order valence-electron chi connectivity index (χ4n) is 3.73. The molecule has 28 heavy (non-hydrogen) atoms. The predicted molar refractivity (Wildman–Crippen MR) is 108 cm³/mol. The summed E-state index contributed by atoms with van der Waals surface area (Å²) in [6.45, 7) is 2.99. The number of rotatable bonds is 8. The molecule has 0 radical (unpaired) electrons. The van der Waals surface area contributed by atoms with E-state index in [1.165, 1.54) is 32.2 Å². The Kier molecular flexibility index (Phi) is 5.76. The molecule has 8 nitrogen and oxygen atoms in total. The molecule has 4 rings (SSSR count). The Morgan fingerprint density at radius 1 is 1.25 bits per heavy atom. The van der Waals surface area contributed by atoms with Crippen molar-refractivity contribution in [2.24, 2.45) is 5.92 Å². The van der Waals surface area contributed by atoms with Crippen LogP contribution in [0.2, 0.25) is 0 Å². The summed E-state index contributed by atoms with van der Waals surface area (Å²) in [4.78, 5) is 15.6. The number of anilines is 3. The topological polar surface area (TPSA) is 84.4 Å². The van der Waals surface area contributed by atoms with Crippen molar-refractivity contribution in [2.45, 2.75) is 31.7 Å². The second-order valence-corrected chi connectivity index (χ2v) is 7.42. The lowest BCUT2D eigenvalue weighted by molar-refractivity contribution is 0.145. The van der Waals surface area contributed by atoms with Crippen LogP contribution in [0.4, 0.5) is 17.5 Å². The first-order chi connectivity index (χ1) is 13.7. The Hall–Kier alpha value is -2.61. The van der Waals surface area contributed by atoms with Crippen molar-refractivity contribution in [3.63, 3.8) is 0 Å². The van der Waals surface area contributed by atoms with Crippen molar-refractivity contribution in [1.82, 2.24) is 19.9 Å². The molecule has 2 aliphatic rings. The normalized spacial score (nSPS) is 19.9. The van der Waals surface area contributed by atoms with E-state index in [0.717, 1.165) is 24.1 Å². The van der Waals surface area contributed by atoms with Gasteiger partial charge in [0.05, 0.1) is 25.6 Å². The van der Waals surface area contributed by atoms with E-state index >= 15 is 0 Å². The van der Waals surface area contributed by atoms with Crippen molar-refractivity contribution < 1.29 is 9.47 Å². The molecule has 0 unspecified atom stereocenters. The zero-order valence-corrected chi connectivity index (χ0v) is 16.5. The number of pyridine rings is 1. The van der Waals surface area contributed by atoms with Gasteiger partial charge < -0.3 is 20.1 Å². The molecule has 2 aromatic rings. The summed E-state index contributed by atoms with van der Waals surface area (Å²) in [5.74, 6) is 2.92. The summed E-state index contributed by atoms with van der Waals surface area (Å²) in [6.07, 6.45) is 8.67. The van der Waals surface area contributed by atoms with Gasteiger partial charge in [-0.1, -0.05) is 6.42 Å². The lowest BCUT2D eigenvalue weighted by atomic mass is 9.92. The minimum atomic E-state index is 0.490. The van der Waals surface area contributed by atoms with Gasteiger partial charge in [-0.3, -0.25) is 4.90 Å². The minimum Gasteiger partial charge on any atom is -0.488 e. The monoisotopic (exact) mass is 384 g/mol. The lowest BCUT2D eigenvalue weighted by Gasteiger charge is -2.34. The van der Waals surface area contributed by atoms with Gasteiger partial charge in [0.1, 0.15) is 5.82 Å². The minimum absolute atomic E-state index is 0.490. The van der Waals surface area contributed by atoms with Crippen LogP contribution in [0.25, 0.3) is 0 Å². The molecule has 1 atom stereocenters. The highest BCUT2D eigenvalue weighted by Crippen LogP contribution is 2.32. The maximum absolute atomic E-state index is 6.11. The molecule has 1 saturated heterocycles. The molecule has 0 aromatic carbocycles. The number of ether oxygens (including phenoxy) is 2. The van der Waals surface area contributed by atoms with E-state index in [-0.39, 0.29) is 0 Å². The van der Waals surface area contributed by atoms with Crippen LogP contribution >= 0.6 is 0 Å². The zero-order chi connectivity index (χ0) is 19.3. The third-order valence-corrected chi connectivity index (χ3v) is 5.56. The van der Waals surface area contributed by atoms with Gasteiger partial charge in [0.15, 0.2) is 5.75 Å². The predicted octanol–water partition coefficient (Wildman–Crippen LogP) is 2.92. The molecular weight excluding hydrogens is 356 g/mol. The number of nitrogens with zero attached hydrogens (tertiary/aromatic N) is 4. The second-order valence-electron chi connectivity index (χ2n) is 7.42. The number of methoxy groups -OCH3 is 1. The lowest BCUT2D eigenvalue weighted by Crippen LogP contribution is -2.38. The number of nitrogens with one attached hydrogen (secondary N) is 2. The molecule has 1 saturated carbocycles.